The Labute approximate surface area is 165 Å². The Morgan fingerprint density at radius 1 is 1.04 bits per heavy atom. The summed E-state index contributed by atoms with van der Waals surface area (Å²) in [4.78, 5) is 32.5. The molecule has 8 heteroatoms. The molecule has 4 rings (SSSR count). The van der Waals surface area contributed by atoms with E-state index in [1.165, 1.54) is 24.5 Å². The SMILES string of the molecule is COC(=O)c1ccc(C(=O)N2CCN(c3nc4c(F)cccc4s3)CC2)cc1. The van der Waals surface area contributed by atoms with Gasteiger partial charge in [0.15, 0.2) is 5.13 Å². The maximum absolute atomic E-state index is 13.9. The number of thiazole rings is 1. The smallest absolute Gasteiger partial charge is 0.337 e. The molecule has 1 aliphatic heterocycles. The second-order valence-electron chi connectivity index (χ2n) is 6.43. The zero-order valence-corrected chi connectivity index (χ0v) is 16.0. The molecule has 1 amide bonds. The van der Waals surface area contributed by atoms with Crippen molar-refractivity contribution in [2.75, 3.05) is 38.2 Å². The first kappa shape index (κ1) is 18.4. The molecular formula is C20H18FN3O3S. The molecule has 0 N–H and O–H groups in total. The number of carbonyl (C=O) groups excluding carboxylic acids is 2. The molecule has 0 spiro atoms. The molecule has 0 bridgehead atoms. The number of piperazine rings is 1. The number of anilines is 1. The molecule has 0 atom stereocenters. The van der Waals surface area contributed by atoms with Crippen LogP contribution in [0.5, 0.6) is 0 Å². The van der Waals surface area contributed by atoms with Gasteiger partial charge in [0.2, 0.25) is 0 Å². The fraction of sp³-hybridized carbons (Fsp3) is 0.250. The topological polar surface area (TPSA) is 62.7 Å². The van der Waals surface area contributed by atoms with Gasteiger partial charge >= 0.3 is 5.97 Å². The number of carbonyl (C=O) groups is 2. The Morgan fingerprint density at radius 3 is 2.36 bits per heavy atom. The summed E-state index contributed by atoms with van der Waals surface area (Å²) in [6.45, 7) is 2.37. The number of esters is 1. The van der Waals surface area contributed by atoms with Crippen LogP contribution in [-0.4, -0.2) is 55.0 Å². The van der Waals surface area contributed by atoms with E-state index in [9.17, 15) is 14.0 Å². The van der Waals surface area contributed by atoms with Gasteiger partial charge in [-0.15, -0.1) is 0 Å². The van der Waals surface area contributed by atoms with Crippen LogP contribution in [0, 0.1) is 5.82 Å². The molecular weight excluding hydrogens is 381 g/mol. The van der Waals surface area contributed by atoms with Crippen molar-refractivity contribution in [2.45, 2.75) is 0 Å². The predicted octanol–water partition coefficient (Wildman–Crippen LogP) is 3.18. The van der Waals surface area contributed by atoms with E-state index in [4.69, 9.17) is 0 Å². The van der Waals surface area contributed by atoms with E-state index in [0.717, 1.165) is 9.83 Å². The Kier molecular flexibility index (Phi) is 4.95. The summed E-state index contributed by atoms with van der Waals surface area (Å²) in [6, 6.07) is 11.4. The highest BCUT2D eigenvalue weighted by molar-refractivity contribution is 7.22. The summed E-state index contributed by atoms with van der Waals surface area (Å²) < 4.78 is 19.4. The van der Waals surface area contributed by atoms with Gasteiger partial charge in [-0.05, 0) is 36.4 Å². The highest BCUT2D eigenvalue weighted by atomic mass is 32.1. The number of aromatic nitrogens is 1. The van der Waals surface area contributed by atoms with Gasteiger partial charge in [0, 0.05) is 31.7 Å². The first-order valence-electron chi connectivity index (χ1n) is 8.84. The summed E-state index contributed by atoms with van der Waals surface area (Å²) in [6.07, 6.45) is 0. The molecule has 1 fully saturated rings. The molecule has 1 aromatic heterocycles. The van der Waals surface area contributed by atoms with E-state index in [1.807, 2.05) is 6.07 Å². The zero-order valence-electron chi connectivity index (χ0n) is 15.2. The quantitative estimate of drug-likeness (QED) is 0.633. The highest BCUT2D eigenvalue weighted by Crippen LogP contribution is 2.30. The van der Waals surface area contributed by atoms with E-state index in [-0.39, 0.29) is 11.7 Å². The summed E-state index contributed by atoms with van der Waals surface area (Å²) >= 11 is 1.46. The lowest BCUT2D eigenvalue weighted by Gasteiger charge is -2.34. The van der Waals surface area contributed by atoms with Gasteiger partial charge in [-0.3, -0.25) is 4.79 Å². The average Bonchev–Trinajstić information content (AvgIpc) is 3.19. The molecule has 2 aromatic carbocycles. The number of methoxy groups -OCH3 is 1. The van der Waals surface area contributed by atoms with Crippen LogP contribution >= 0.6 is 11.3 Å². The van der Waals surface area contributed by atoms with Crippen molar-refractivity contribution >= 4 is 38.6 Å². The molecule has 0 unspecified atom stereocenters. The van der Waals surface area contributed by atoms with Crippen LogP contribution in [0.2, 0.25) is 0 Å². The largest absolute Gasteiger partial charge is 0.465 e. The van der Waals surface area contributed by atoms with Crippen LogP contribution in [0.15, 0.2) is 42.5 Å². The summed E-state index contributed by atoms with van der Waals surface area (Å²) in [7, 11) is 1.32. The average molecular weight is 399 g/mol. The molecule has 6 nitrogen and oxygen atoms in total. The Hall–Kier alpha value is -3.00. The first-order valence-corrected chi connectivity index (χ1v) is 9.66. The van der Waals surface area contributed by atoms with Crippen molar-refractivity contribution in [1.29, 1.82) is 0 Å². The second kappa shape index (κ2) is 7.55. The van der Waals surface area contributed by atoms with Gasteiger partial charge in [-0.1, -0.05) is 17.4 Å². The number of halogens is 1. The van der Waals surface area contributed by atoms with Gasteiger partial charge in [-0.25, -0.2) is 14.2 Å². The van der Waals surface area contributed by atoms with Gasteiger partial charge in [0.1, 0.15) is 11.3 Å². The van der Waals surface area contributed by atoms with E-state index >= 15 is 0 Å². The van der Waals surface area contributed by atoms with Crippen LogP contribution in [0.1, 0.15) is 20.7 Å². The number of rotatable bonds is 3. The molecule has 144 valence electrons. The van der Waals surface area contributed by atoms with Crippen molar-refractivity contribution in [1.82, 2.24) is 9.88 Å². The van der Waals surface area contributed by atoms with Crippen molar-refractivity contribution < 1.29 is 18.7 Å². The third kappa shape index (κ3) is 3.43. The Balaban J connectivity index is 1.42. The van der Waals surface area contributed by atoms with E-state index in [0.29, 0.717) is 42.8 Å². The minimum atomic E-state index is -0.431. The summed E-state index contributed by atoms with van der Waals surface area (Å²) in [5, 5.41) is 0.773. The second-order valence-corrected chi connectivity index (χ2v) is 7.44. The number of nitrogens with zero attached hydrogens (tertiary/aromatic N) is 3. The third-order valence-corrected chi connectivity index (χ3v) is 5.83. The Morgan fingerprint density at radius 2 is 1.71 bits per heavy atom. The molecule has 3 aromatic rings. The third-order valence-electron chi connectivity index (χ3n) is 4.75. The molecule has 0 radical (unpaired) electrons. The number of fused-ring (bicyclic) bond motifs is 1. The minimum absolute atomic E-state index is 0.0774. The molecule has 1 saturated heterocycles. The van der Waals surface area contributed by atoms with Crippen molar-refractivity contribution in [3.63, 3.8) is 0 Å². The lowest BCUT2D eigenvalue weighted by molar-refractivity contribution is 0.0599. The van der Waals surface area contributed by atoms with Gasteiger partial charge in [0.05, 0.1) is 17.4 Å². The van der Waals surface area contributed by atoms with Crippen LogP contribution in [0.25, 0.3) is 10.2 Å². The van der Waals surface area contributed by atoms with Crippen LogP contribution in [-0.2, 0) is 4.74 Å². The summed E-state index contributed by atoms with van der Waals surface area (Å²) in [5.41, 5.74) is 1.34. The lowest BCUT2D eigenvalue weighted by Crippen LogP contribution is -2.48. The number of hydrogen-bond donors (Lipinski definition) is 0. The maximum atomic E-state index is 13.9. The number of benzene rings is 2. The van der Waals surface area contributed by atoms with E-state index < -0.39 is 5.97 Å². The van der Waals surface area contributed by atoms with Crippen LogP contribution in [0.3, 0.4) is 0 Å². The number of hydrogen-bond acceptors (Lipinski definition) is 6. The Bertz CT molecular complexity index is 1030. The van der Waals surface area contributed by atoms with Gasteiger partial charge in [-0.2, -0.15) is 0 Å². The van der Waals surface area contributed by atoms with Crippen LogP contribution in [0.4, 0.5) is 9.52 Å². The monoisotopic (exact) mass is 399 g/mol. The fourth-order valence-corrected chi connectivity index (χ4v) is 4.22. The van der Waals surface area contributed by atoms with Gasteiger partial charge < -0.3 is 14.5 Å². The molecule has 0 aliphatic carbocycles. The fourth-order valence-electron chi connectivity index (χ4n) is 3.19. The normalized spacial score (nSPS) is 14.4. The first-order chi connectivity index (χ1) is 13.6. The summed E-state index contributed by atoms with van der Waals surface area (Å²) in [5.74, 6) is -0.824. The van der Waals surface area contributed by atoms with Crippen molar-refractivity contribution in [2.24, 2.45) is 0 Å². The molecule has 28 heavy (non-hydrogen) atoms. The predicted molar refractivity (Wildman–Crippen MR) is 105 cm³/mol. The van der Waals surface area contributed by atoms with E-state index in [1.54, 1.807) is 35.2 Å². The number of ether oxygens (including phenoxy) is 1. The molecule has 0 saturated carbocycles. The van der Waals surface area contributed by atoms with Gasteiger partial charge in [0.25, 0.3) is 5.91 Å². The number of amides is 1. The lowest BCUT2D eigenvalue weighted by atomic mass is 10.1. The molecule has 1 aliphatic rings. The van der Waals surface area contributed by atoms with Crippen LogP contribution < -0.4 is 4.90 Å². The highest BCUT2D eigenvalue weighted by Gasteiger charge is 2.24. The van der Waals surface area contributed by atoms with Crippen molar-refractivity contribution in [3.8, 4) is 0 Å². The standard InChI is InChI=1S/C20H18FN3O3S/c1-27-19(26)14-7-5-13(6-8-14)18(25)23-9-11-24(12-10-23)20-22-17-15(21)3-2-4-16(17)28-20/h2-8H,9-12H2,1H3. The zero-order chi connectivity index (χ0) is 19.7. The van der Waals surface area contributed by atoms with Crippen molar-refractivity contribution in [3.05, 3.63) is 59.4 Å². The van der Waals surface area contributed by atoms with E-state index in [2.05, 4.69) is 14.6 Å². The molecule has 2 heterocycles. The number of para-hydroxylation sites is 1. The minimum Gasteiger partial charge on any atom is -0.465 e. The maximum Gasteiger partial charge on any atom is 0.337 e.